The normalized spacial score (nSPS) is 50.2. The summed E-state index contributed by atoms with van der Waals surface area (Å²) in [5, 5.41) is 21.5. The standard InChI is InChI=1S/C25H42O4/c1-15(5-8-22(28)29-4)18-6-7-19-23-20(10-12-25(18,19)3)24(2)11-9-17(26)13-16(24)14-21(23)27/h15-21,23,26-27H,5-14H2,1-4H3/t15?,16-,17+,18?,19?,20?,21?,23?,24-,25+/m0/s1. The number of carbonyl (C=O) groups excluding carboxylic acids is 1. The highest BCUT2D eigenvalue weighted by molar-refractivity contribution is 5.69. The average Bonchev–Trinajstić information content (AvgIpc) is 3.04. The smallest absolute Gasteiger partial charge is 0.305 e. The van der Waals surface area contributed by atoms with Crippen LogP contribution in [0.5, 0.6) is 0 Å². The van der Waals surface area contributed by atoms with Crippen molar-refractivity contribution in [1.82, 2.24) is 0 Å². The third-order valence-electron chi connectivity index (χ3n) is 10.4. The number of aliphatic hydroxyl groups is 2. The highest BCUT2D eigenvalue weighted by atomic mass is 16.5. The lowest BCUT2D eigenvalue weighted by Crippen LogP contribution is -2.58. The van der Waals surface area contributed by atoms with Crippen molar-refractivity contribution < 1.29 is 19.7 Å². The van der Waals surface area contributed by atoms with E-state index in [0.717, 1.165) is 32.1 Å². The quantitative estimate of drug-likeness (QED) is 0.671. The predicted molar refractivity (Wildman–Crippen MR) is 113 cm³/mol. The van der Waals surface area contributed by atoms with Gasteiger partial charge in [-0.15, -0.1) is 0 Å². The van der Waals surface area contributed by atoms with Crippen LogP contribution in [0.25, 0.3) is 0 Å². The Morgan fingerprint density at radius 2 is 1.72 bits per heavy atom. The van der Waals surface area contributed by atoms with Gasteiger partial charge in [0, 0.05) is 6.42 Å². The Bertz CT molecular complexity index is 620. The molecule has 0 saturated heterocycles. The monoisotopic (exact) mass is 406 g/mol. The first kappa shape index (κ1) is 21.6. The Labute approximate surface area is 176 Å². The van der Waals surface area contributed by atoms with Crippen LogP contribution in [-0.2, 0) is 9.53 Å². The summed E-state index contributed by atoms with van der Waals surface area (Å²) in [5.41, 5.74) is 0.577. The lowest BCUT2D eigenvalue weighted by molar-refractivity contribution is -0.174. The van der Waals surface area contributed by atoms with Gasteiger partial charge in [0.15, 0.2) is 0 Å². The summed E-state index contributed by atoms with van der Waals surface area (Å²) in [6, 6.07) is 0. The fraction of sp³-hybridized carbons (Fsp3) is 0.960. The number of hydrogen-bond acceptors (Lipinski definition) is 4. The molecule has 0 aromatic heterocycles. The van der Waals surface area contributed by atoms with Gasteiger partial charge in [-0.1, -0.05) is 20.8 Å². The Morgan fingerprint density at radius 3 is 2.45 bits per heavy atom. The molecule has 166 valence electrons. The Balaban J connectivity index is 1.53. The second-order valence-electron chi connectivity index (χ2n) is 11.5. The molecule has 6 unspecified atom stereocenters. The zero-order valence-electron chi connectivity index (χ0n) is 18.9. The summed E-state index contributed by atoms with van der Waals surface area (Å²) in [6.07, 6.45) is 9.80. The second-order valence-corrected chi connectivity index (χ2v) is 11.5. The molecule has 0 bridgehead atoms. The molecule has 0 heterocycles. The molecule has 2 N–H and O–H groups in total. The maximum absolute atomic E-state index is 11.6. The summed E-state index contributed by atoms with van der Waals surface area (Å²) >= 11 is 0. The van der Waals surface area contributed by atoms with Crippen molar-refractivity contribution in [3.05, 3.63) is 0 Å². The van der Waals surface area contributed by atoms with Crippen LogP contribution in [0.2, 0.25) is 0 Å². The SMILES string of the molecule is COC(=O)CCC(C)C1CCC2C3C(O)C[C@@H]4C[C@H](O)CC[C@]4(C)C3CC[C@]12C. The van der Waals surface area contributed by atoms with Crippen molar-refractivity contribution in [2.75, 3.05) is 7.11 Å². The van der Waals surface area contributed by atoms with Gasteiger partial charge in [0.25, 0.3) is 0 Å². The lowest BCUT2D eigenvalue weighted by atomic mass is 9.43. The van der Waals surface area contributed by atoms with E-state index in [1.54, 1.807) is 0 Å². The van der Waals surface area contributed by atoms with Crippen molar-refractivity contribution in [3.8, 4) is 0 Å². The van der Waals surface area contributed by atoms with Crippen LogP contribution in [0.15, 0.2) is 0 Å². The zero-order valence-corrected chi connectivity index (χ0v) is 18.9. The summed E-state index contributed by atoms with van der Waals surface area (Å²) in [7, 11) is 1.48. The van der Waals surface area contributed by atoms with E-state index in [1.165, 1.54) is 32.8 Å². The first-order valence-electron chi connectivity index (χ1n) is 12.1. The van der Waals surface area contributed by atoms with E-state index in [0.29, 0.717) is 47.3 Å². The van der Waals surface area contributed by atoms with Crippen LogP contribution in [0.1, 0.15) is 85.0 Å². The van der Waals surface area contributed by atoms with E-state index in [9.17, 15) is 15.0 Å². The van der Waals surface area contributed by atoms with E-state index in [-0.39, 0.29) is 23.6 Å². The molecule has 4 fully saturated rings. The third kappa shape index (κ3) is 3.46. The minimum atomic E-state index is -0.211. The molecule has 29 heavy (non-hydrogen) atoms. The number of fused-ring (bicyclic) bond motifs is 5. The first-order valence-corrected chi connectivity index (χ1v) is 12.1. The largest absolute Gasteiger partial charge is 0.469 e. The topological polar surface area (TPSA) is 66.8 Å². The van der Waals surface area contributed by atoms with E-state index in [4.69, 9.17) is 4.74 Å². The molecule has 4 aliphatic rings. The Kier molecular flexibility index (Phi) is 5.83. The minimum Gasteiger partial charge on any atom is -0.469 e. The van der Waals surface area contributed by atoms with Crippen LogP contribution in [0.3, 0.4) is 0 Å². The molecule has 0 amide bonds. The highest BCUT2D eigenvalue weighted by Crippen LogP contribution is 2.68. The van der Waals surface area contributed by atoms with Crippen molar-refractivity contribution in [1.29, 1.82) is 0 Å². The molecule has 10 atom stereocenters. The Morgan fingerprint density at radius 1 is 1.03 bits per heavy atom. The summed E-state index contributed by atoms with van der Waals surface area (Å²) in [4.78, 5) is 11.6. The van der Waals surface area contributed by atoms with Crippen molar-refractivity contribution in [2.24, 2.45) is 46.3 Å². The van der Waals surface area contributed by atoms with Crippen molar-refractivity contribution in [2.45, 2.75) is 97.2 Å². The van der Waals surface area contributed by atoms with Crippen LogP contribution >= 0.6 is 0 Å². The molecular formula is C25H42O4. The molecule has 4 aliphatic carbocycles. The molecule has 4 saturated carbocycles. The molecule has 0 aromatic rings. The highest BCUT2D eigenvalue weighted by Gasteiger charge is 2.62. The number of hydrogen-bond donors (Lipinski definition) is 2. The molecule has 0 spiro atoms. The summed E-state index contributed by atoms with van der Waals surface area (Å²) in [5.74, 6) is 3.17. The first-order chi connectivity index (χ1) is 13.7. The minimum absolute atomic E-state index is 0.0959. The fourth-order valence-corrected chi connectivity index (χ4v) is 8.82. The van der Waals surface area contributed by atoms with Crippen molar-refractivity contribution >= 4 is 5.97 Å². The second kappa shape index (κ2) is 7.82. The van der Waals surface area contributed by atoms with Gasteiger partial charge in [-0.25, -0.2) is 0 Å². The van der Waals surface area contributed by atoms with Crippen molar-refractivity contribution in [3.63, 3.8) is 0 Å². The number of carbonyl (C=O) groups is 1. The average molecular weight is 407 g/mol. The van der Waals surface area contributed by atoms with E-state index in [1.807, 2.05) is 0 Å². The molecule has 0 aromatic carbocycles. The van der Waals surface area contributed by atoms with Crippen LogP contribution < -0.4 is 0 Å². The lowest BCUT2D eigenvalue weighted by Gasteiger charge is -2.62. The number of ether oxygens (including phenoxy) is 1. The van der Waals surface area contributed by atoms with Gasteiger partial charge < -0.3 is 14.9 Å². The van der Waals surface area contributed by atoms with Crippen LogP contribution in [0.4, 0.5) is 0 Å². The number of rotatable bonds is 4. The van der Waals surface area contributed by atoms with Gasteiger partial charge in [0.2, 0.25) is 0 Å². The summed E-state index contributed by atoms with van der Waals surface area (Å²) < 4.78 is 4.86. The Hall–Kier alpha value is -0.610. The van der Waals surface area contributed by atoms with E-state index < -0.39 is 0 Å². The van der Waals surface area contributed by atoms with E-state index >= 15 is 0 Å². The third-order valence-corrected chi connectivity index (χ3v) is 10.4. The number of esters is 1. The zero-order chi connectivity index (χ0) is 21.0. The van der Waals surface area contributed by atoms with Crippen LogP contribution in [0, 0.1) is 46.3 Å². The molecule has 0 aliphatic heterocycles. The molecule has 0 radical (unpaired) electrons. The molecule has 4 heteroatoms. The molecule has 4 nitrogen and oxygen atoms in total. The molecule has 4 rings (SSSR count). The van der Waals surface area contributed by atoms with Gasteiger partial charge >= 0.3 is 5.97 Å². The van der Waals surface area contributed by atoms with Gasteiger partial charge in [-0.3, -0.25) is 4.79 Å². The number of aliphatic hydroxyl groups excluding tert-OH is 2. The van der Waals surface area contributed by atoms with Gasteiger partial charge in [0.05, 0.1) is 19.3 Å². The predicted octanol–water partition coefficient (Wildman–Crippen LogP) is 4.57. The number of methoxy groups -OCH3 is 1. The summed E-state index contributed by atoms with van der Waals surface area (Å²) in [6.45, 7) is 7.29. The fourth-order valence-electron chi connectivity index (χ4n) is 8.82. The maximum Gasteiger partial charge on any atom is 0.305 e. The van der Waals surface area contributed by atoms with Gasteiger partial charge in [0.1, 0.15) is 0 Å². The maximum atomic E-state index is 11.6. The van der Waals surface area contributed by atoms with Gasteiger partial charge in [-0.2, -0.15) is 0 Å². The van der Waals surface area contributed by atoms with Crippen LogP contribution in [-0.4, -0.2) is 35.5 Å². The van der Waals surface area contributed by atoms with Gasteiger partial charge in [-0.05, 0) is 104 Å². The molecular weight excluding hydrogens is 364 g/mol. The van der Waals surface area contributed by atoms with E-state index in [2.05, 4.69) is 20.8 Å².